The molecule has 2 unspecified atom stereocenters. The molecule has 0 aromatic carbocycles. The minimum Gasteiger partial charge on any atom is -0.271 e. The molecule has 80 valence electrons. The highest BCUT2D eigenvalue weighted by atomic mass is 32.1. The number of hydrazine groups is 1. The summed E-state index contributed by atoms with van der Waals surface area (Å²) in [6.07, 6.45) is 2.33. The van der Waals surface area contributed by atoms with E-state index in [1.807, 2.05) is 0 Å². The van der Waals surface area contributed by atoms with Crippen molar-refractivity contribution in [1.82, 2.24) is 5.43 Å². The summed E-state index contributed by atoms with van der Waals surface area (Å²) in [5.41, 5.74) is 4.28. The molecule has 0 saturated heterocycles. The molecule has 0 amide bonds. The molecular formula is C11H20N2S. The molecule has 1 rings (SSSR count). The number of aryl methyl sites for hydroxylation is 1. The predicted molar refractivity (Wildman–Crippen MR) is 63.2 cm³/mol. The minimum atomic E-state index is 0.316. The molecular weight excluding hydrogens is 192 g/mol. The highest BCUT2D eigenvalue weighted by molar-refractivity contribution is 7.10. The van der Waals surface area contributed by atoms with E-state index in [2.05, 4.69) is 37.6 Å². The molecule has 3 heteroatoms. The van der Waals surface area contributed by atoms with Crippen LogP contribution in [0.15, 0.2) is 11.4 Å². The lowest BCUT2D eigenvalue weighted by Crippen LogP contribution is -2.29. The van der Waals surface area contributed by atoms with Crippen LogP contribution in [0.4, 0.5) is 0 Å². The van der Waals surface area contributed by atoms with Gasteiger partial charge in [0.05, 0.1) is 0 Å². The summed E-state index contributed by atoms with van der Waals surface area (Å²) in [5, 5.41) is 2.13. The monoisotopic (exact) mass is 212 g/mol. The van der Waals surface area contributed by atoms with Crippen LogP contribution in [0.2, 0.25) is 0 Å². The highest BCUT2D eigenvalue weighted by Crippen LogP contribution is 2.27. The number of hydrogen-bond donors (Lipinski definition) is 2. The molecule has 0 radical (unpaired) electrons. The third-order valence-corrected chi connectivity index (χ3v) is 3.67. The molecule has 1 aromatic rings. The minimum absolute atomic E-state index is 0.316. The highest BCUT2D eigenvalue weighted by Gasteiger charge is 2.15. The van der Waals surface area contributed by atoms with Crippen LogP contribution in [0, 0.1) is 12.8 Å². The van der Waals surface area contributed by atoms with Crippen LogP contribution in [0.25, 0.3) is 0 Å². The zero-order valence-corrected chi connectivity index (χ0v) is 10.0. The van der Waals surface area contributed by atoms with E-state index in [9.17, 15) is 0 Å². The maximum absolute atomic E-state index is 5.59. The van der Waals surface area contributed by atoms with E-state index in [0.29, 0.717) is 6.04 Å². The zero-order valence-electron chi connectivity index (χ0n) is 9.21. The van der Waals surface area contributed by atoms with E-state index in [1.54, 1.807) is 11.3 Å². The molecule has 1 aromatic heterocycles. The van der Waals surface area contributed by atoms with Crippen molar-refractivity contribution in [3.05, 3.63) is 21.9 Å². The average Bonchev–Trinajstić information content (AvgIpc) is 2.60. The Kier molecular flexibility index (Phi) is 4.58. The van der Waals surface area contributed by atoms with Crippen molar-refractivity contribution in [2.75, 3.05) is 0 Å². The third-order valence-electron chi connectivity index (χ3n) is 2.81. The standard InChI is InChI=1S/C11H20N2S/c1-4-8(2)7-11(13-12)10-5-6-14-9(10)3/h5-6,8,11,13H,4,7,12H2,1-3H3. The van der Waals surface area contributed by atoms with Gasteiger partial charge in [0.15, 0.2) is 0 Å². The van der Waals surface area contributed by atoms with Crippen LogP contribution < -0.4 is 11.3 Å². The Labute approximate surface area is 90.5 Å². The SMILES string of the molecule is CCC(C)CC(NN)c1ccsc1C. The van der Waals surface area contributed by atoms with Gasteiger partial charge in [-0.2, -0.15) is 0 Å². The topological polar surface area (TPSA) is 38.0 Å². The average molecular weight is 212 g/mol. The van der Waals surface area contributed by atoms with Gasteiger partial charge in [0, 0.05) is 10.9 Å². The van der Waals surface area contributed by atoms with Crippen LogP contribution in [0.3, 0.4) is 0 Å². The van der Waals surface area contributed by atoms with E-state index in [1.165, 1.54) is 16.9 Å². The maximum atomic E-state index is 5.59. The smallest absolute Gasteiger partial charge is 0.0473 e. The van der Waals surface area contributed by atoms with Gasteiger partial charge in [-0.05, 0) is 36.3 Å². The number of thiophene rings is 1. The lowest BCUT2D eigenvalue weighted by molar-refractivity contribution is 0.407. The van der Waals surface area contributed by atoms with Crippen LogP contribution in [0.5, 0.6) is 0 Å². The fourth-order valence-corrected chi connectivity index (χ4v) is 2.38. The molecule has 2 nitrogen and oxygen atoms in total. The molecule has 0 aliphatic rings. The van der Waals surface area contributed by atoms with Crippen molar-refractivity contribution < 1.29 is 0 Å². The number of rotatable bonds is 5. The Hall–Kier alpha value is -0.380. The Morgan fingerprint density at radius 2 is 2.29 bits per heavy atom. The van der Waals surface area contributed by atoms with Crippen LogP contribution in [-0.2, 0) is 0 Å². The first kappa shape index (κ1) is 11.7. The van der Waals surface area contributed by atoms with Crippen molar-refractivity contribution >= 4 is 11.3 Å². The Morgan fingerprint density at radius 1 is 1.57 bits per heavy atom. The van der Waals surface area contributed by atoms with E-state index < -0.39 is 0 Å². The van der Waals surface area contributed by atoms with Crippen molar-refractivity contribution in [3.8, 4) is 0 Å². The lowest BCUT2D eigenvalue weighted by atomic mass is 9.95. The first-order valence-corrected chi connectivity index (χ1v) is 6.07. The predicted octanol–water partition coefficient (Wildman–Crippen LogP) is 3.00. The van der Waals surface area contributed by atoms with E-state index >= 15 is 0 Å². The number of hydrogen-bond acceptors (Lipinski definition) is 3. The second-order valence-electron chi connectivity index (χ2n) is 3.90. The van der Waals surface area contributed by atoms with Crippen molar-refractivity contribution in [2.45, 2.75) is 39.7 Å². The Balaban J connectivity index is 2.67. The van der Waals surface area contributed by atoms with Gasteiger partial charge in [0.2, 0.25) is 0 Å². The summed E-state index contributed by atoms with van der Waals surface area (Å²) >= 11 is 1.79. The normalized spacial score (nSPS) is 15.4. The van der Waals surface area contributed by atoms with Crippen LogP contribution >= 0.6 is 11.3 Å². The van der Waals surface area contributed by atoms with Gasteiger partial charge >= 0.3 is 0 Å². The largest absolute Gasteiger partial charge is 0.271 e. The molecule has 3 N–H and O–H groups in total. The van der Waals surface area contributed by atoms with Crippen molar-refractivity contribution in [2.24, 2.45) is 11.8 Å². The van der Waals surface area contributed by atoms with Crippen molar-refractivity contribution in [3.63, 3.8) is 0 Å². The van der Waals surface area contributed by atoms with E-state index in [4.69, 9.17) is 5.84 Å². The Bertz CT molecular complexity index is 270. The molecule has 0 saturated carbocycles. The fraction of sp³-hybridized carbons (Fsp3) is 0.636. The molecule has 1 heterocycles. The van der Waals surface area contributed by atoms with Gasteiger partial charge in [-0.3, -0.25) is 11.3 Å². The van der Waals surface area contributed by atoms with E-state index in [0.717, 1.165) is 12.3 Å². The van der Waals surface area contributed by atoms with Crippen LogP contribution in [0.1, 0.15) is 43.2 Å². The molecule has 0 spiro atoms. The number of nitrogens with two attached hydrogens (primary N) is 1. The summed E-state index contributed by atoms with van der Waals surface area (Å²) < 4.78 is 0. The number of nitrogens with one attached hydrogen (secondary N) is 1. The summed E-state index contributed by atoms with van der Waals surface area (Å²) in [6, 6.07) is 2.49. The molecule has 0 bridgehead atoms. The van der Waals surface area contributed by atoms with Crippen LogP contribution in [-0.4, -0.2) is 0 Å². The lowest BCUT2D eigenvalue weighted by Gasteiger charge is -2.19. The third kappa shape index (κ3) is 2.80. The summed E-state index contributed by atoms with van der Waals surface area (Å²) in [6.45, 7) is 6.64. The Morgan fingerprint density at radius 3 is 2.71 bits per heavy atom. The van der Waals surface area contributed by atoms with Gasteiger partial charge in [0.1, 0.15) is 0 Å². The second-order valence-corrected chi connectivity index (χ2v) is 5.02. The molecule has 0 fully saturated rings. The zero-order chi connectivity index (χ0) is 10.6. The molecule has 2 atom stereocenters. The maximum Gasteiger partial charge on any atom is 0.0473 e. The quantitative estimate of drug-likeness (QED) is 0.581. The van der Waals surface area contributed by atoms with Gasteiger partial charge in [0.25, 0.3) is 0 Å². The van der Waals surface area contributed by atoms with Gasteiger partial charge < -0.3 is 0 Å². The first-order valence-electron chi connectivity index (χ1n) is 5.19. The van der Waals surface area contributed by atoms with Crippen molar-refractivity contribution in [1.29, 1.82) is 0 Å². The second kappa shape index (κ2) is 5.49. The van der Waals surface area contributed by atoms with E-state index in [-0.39, 0.29) is 0 Å². The first-order chi connectivity index (χ1) is 6.69. The molecule has 0 aliphatic heterocycles. The molecule has 14 heavy (non-hydrogen) atoms. The molecule has 0 aliphatic carbocycles. The summed E-state index contributed by atoms with van der Waals surface area (Å²) in [7, 11) is 0. The fourth-order valence-electron chi connectivity index (χ4n) is 1.61. The summed E-state index contributed by atoms with van der Waals surface area (Å²) in [5.74, 6) is 6.31. The van der Waals surface area contributed by atoms with Gasteiger partial charge in [-0.1, -0.05) is 20.3 Å². The van der Waals surface area contributed by atoms with Gasteiger partial charge in [-0.25, -0.2) is 0 Å². The summed E-state index contributed by atoms with van der Waals surface area (Å²) in [4.78, 5) is 1.37. The van der Waals surface area contributed by atoms with Gasteiger partial charge in [-0.15, -0.1) is 11.3 Å².